The first kappa shape index (κ1) is 16.2. The third-order valence-electron chi connectivity index (χ3n) is 3.34. The molecule has 0 saturated heterocycles. The number of nitrogens with zero attached hydrogens (tertiary/aromatic N) is 3. The van der Waals surface area contributed by atoms with Crippen molar-refractivity contribution in [2.45, 2.75) is 6.10 Å². The number of ether oxygens (including phenoxy) is 1. The zero-order valence-corrected chi connectivity index (χ0v) is 14.5. The first-order valence-electron chi connectivity index (χ1n) is 7.25. The standard InChI is InChI=1S/C17H15BrN4O2/c1-22-11-19-21-17(22)20-16(23)15(12-6-3-2-4-7-12)24-14-9-5-8-13(18)10-14/h2-11,15H,1H3,(H,20,21,23)/t15-/m1/s1. The van der Waals surface area contributed by atoms with Crippen LogP contribution in [0.3, 0.4) is 0 Å². The maximum absolute atomic E-state index is 12.7. The van der Waals surface area contributed by atoms with E-state index in [4.69, 9.17) is 4.74 Å². The molecule has 0 aliphatic rings. The summed E-state index contributed by atoms with van der Waals surface area (Å²) in [5, 5.41) is 10.4. The average Bonchev–Trinajstić information content (AvgIpc) is 2.98. The van der Waals surface area contributed by atoms with E-state index in [0.717, 1.165) is 10.0 Å². The summed E-state index contributed by atoms with van der Waals surface area (Å²) < 4.78 is 8.43. The number of hydrogen-bond acceptors (Lipinski definition) is 4. The van der Waals surface area contributed by atoms with Crippen LogP contribution in [0.2, 0.25) is 0 Å². The molecule has 3 rings (SSSR count). The van der Waals surface area contributed by atoms with E-state index >= 15 is 0 Å². The molecule has 0 unspecified atom stereocenters. The summed E-state index contributed by atoms with van der Waals surface area (Å²) in [6.07, 6.45) is 0.708. The lowest BCUT2D eigenvalue weighted by atomic mass is 10.1. The predicted octanol–water partition coefficient (Wildman–Crippen LogP) is 3.34. The van der Waals surface area contributed by atoms with Crippen LogP contribution in [0.4, 0.5) is 5.95 Å². The summed E-state index contributed by atoms with van der Waals surface area (Å²) >= 11 is 3.40. The second kappa shape index (κ2) is 7.27. The lowest BCUT2D eigenvalue weighted by Crippen LogP contribution is -2.27. The molecule has 7 heteroatoms. The number of carbonyl (C=O) groups excluding carboxylic acids is 1. The van der Waals surface area contributed by atoms with Crippen LogP contribution in [0, 0.1) is 0 Å². The molecule has 122 valence electrons. The predicted molar refractivity (Wildman–Crippen MR) is 93.6 cm³/mol. The van der Waals surface area contributed by atoms with Gasteiger partial charge in [-0.05, 0) is 18.2 Å². The Morgan fingerprint density at radius 3 is 2.67 bits per heavy atom. The van der Waals surface area contributed by atoms with Crippen molar-refractivity contribution in [3.05, 3.63) is 71.0 Å². The zero-order valence-electron chi connectivity index (χ0n) is 12.9. The van der Waals surface area contributed by atoms with Crippen molar-refractivity contribution in [3.8, 4) is 5.75 Å². The Balaban J connectivity index is 1.87. The third kappa shape index (κ3) is 3.80. The van der Waals surface area contributed by atoms with Crippen LogP contribution in [0.1, 0.15) is 11.7 Å². The van der Waals surface area contributed by atoms with Gasteiger partial charge in [0.1, 0.15) is 12.1 Å². The van der Waals surface area contributed by atoms with Crippen molar-refractivity contribution in [3.63, 3.8) is 0 Å². The van der Waals surface area contributed by atoms with E-state index in [1.165, 1.54) is 6.33 Å². The number of benzene rings is 2. The molecule has 2 aromatic carbocycles. The van der Waals surface area contributed by atoms with Crippen LogP contribution >= 0.6 is 15.9 Å². The van der Waals surface area contributed by atoms with E-state index in [-0.39, 0.29) is 5.91 Å². The average molecular weight is 387 g/mol. The van der Waals surface area contributed by atoms with Crippen LogP contribution < -0.4 is 10.1 Å². The maximum Gasteiger partial charge on any atom is 0.272 e. The molecule has 1 aromatic heterocycles. The van der Waals surface area contributed by atoms with Gasteiger partial charge in [-0.1, -0.05) is 52.3 Å². The molecule has 0 radical (unpaired) electrons. The number of aryl methyl sites for hydroxylation is 1. The molecule has 0 saturated carbocycles. The normalized spacial score (nSPS) is 11.8. The third-order valence-corrected chi connectivity index (χ3v) is 3.83. The van der Waals surface area contributed by atoms with E-state index < -0.39 is 6.10 Å². The summed E-state index contributed by atoms with van der Waals surface area (Å²) in [7, 11) is 1.75. The van der Waals surface area contributed by atoms with Gasteiger partial charge in [0, 0.05) is 17.1 Å². The fourth-order valence-electron chi connectivity index (χ4n) is 2.15. The van der Waals surface area contributed by atoms with Crippen LogP contribution in [0.5, 0.6) is 5.75 Å². The largest absolute Gasteiger partial charge is 0.476 e. The Bertz CT molecular complexity index is 835. The molecule has 0 bridgehead atoms. The number of anilines is 1. The van der Waals surface area contributed by atoms with Crippen molar-refractivity contribution < 1.29 is 9.53 Å². The Morgan fingerprint density at radius 2 is 2.00 bits per heavy atom. The molecular formula is C17H15BrN4O2. The number of aromatic nitrogens is 3. The SMILES string of the molecule is Cn1cnnc1NC(=O)[C@H](Oc1cccc(Br)c1)c1ccccc1. The summed E-state index contributed by atoms with van der Waals surface area (Å²) in [4.78, 5) is 12.7. The van der Waals surface area contributed by atoms with Gasteiger partial charge < -0.3 is 9.30 Å². The second-order valence-corrected chi connectivity index (χ2v) is 6.04. The Morgan fingerprint density at radius 1 is 1.21 bits per heavy atom. The monoisotopic (exact) mass is 386 g/mol. The number of rotatable bonds is 5. The van der Waals surface area contributed by atoms with Crippen molar-refractivity contribution in [2.24, 2.45) is 7.05 Å². The van der Waals surface area contributed by atoms with Gasteiger partial charge in [0.05, 0.1) is 0 Å². The van der Waals surface area contributed by atoms with Gasteiger partial charge in [-0.25, -0.2) is 0 Å². The highest BCUT2D eigenvalue weighted by Gasteiger charge is 2.24. The number of hydrogen-bond donors (Lipinski definition) is 1. The molecule has 6 nitrogen and oxygen atoms in total. The number of halogens is 1. The zero-order chi connectivity index (χ0) is 16.9. The minimum absolute atomic E-state index is 0.322. The second-order valence-electron chi connectivity index (χ2n) is 5.12. The lowest BCUT2D eigenvalue weighted by Gasteiger charge is -2.19. The molecule has 0 aliphatic carbocycles. The number of nitrogens with one attached hydrogen (secondary N) is 1. The topological polar surface area (TPSA) is 69.0 Å². The number of amides is 1. The van der Waals surface area contributed by atoms with E-state index in [0.29, 0.717) is 11.7 Å². The minimum atomic E-state index is -0.808. The Labute approximate surface area is 147 Å². The summed E-state index contributed by atoms with van der Waals surface area (Å²) in [5.41, 5.74) is 0.747. The first-order chi connectivity index (χ1) is 11.6. The lowest BCUT2D eigenvalue weighted by molar-refractivity contribution is -0.123. The fraction of sp³-hybridized carbons (Fsp3) is 0.118. The first-order valence-corrected chi connectivity index (χ1v) is 8.05. The van der Waals surface area contributed by atoms with Crippen molar-refractivity contribution in [1.29, 1.82) is 0 Å². The highest BCUT2D eigenvalue weighted by Crippen LogP contribution is 2.25. The van der Waals surface area contributed by atoms with Gasteiger partial charge in [0.2, 0.25) is 12.1 Å². The summed E-state index contributed by atoms with van der Waals surface area (Å²) in [5.74, 6) is 0.627. The van der Waals surface area contributed by atoms with Crippen LogP contribution in [-0.4, -0.2) is 20.7 Å². The molecule has 0 aliphatic heterocycles. The molecule has 0 fully saturated rings. The highest BCUT2D eigenvalue weighted by molar-refractivity contribution is 9.10. The van der Waals surface area contributed by atoms with Gasteiger partial charge in [-0.2, -0.15) is 0 Å². The van der Waals surface area contributed by atoms with Crippen molar-refractivity contribution >= 4 is 27.8 Å². The van der Waals surface area contributed by atoms with Crippen molar-refractivity contribution in [2.75, 3.05) is 5.32 Å². The molecule has 3 aromatic rings. The van der Waals surface area contributed by atoms with Crippen LogP contribution in [0.15, 0.2) is 65.4 Å². The smallest absolute Gasteiger partial charge is 0.272 e. The minimum Gasteiger partial charge on any atom is -0.476 e. The Kier molecular flexibility index (Phi) is 4.90. The fourth-order valence-corrected chi connectivity index (χ4v) is 2.53. The van der Waals surface area contributed by atoms with E-state index in [1.54, 1.807) is 17.7 Å². The molecule has 1 heterocycles. The van der Waals surface area contributed by atoms with Crippen LogP contribution in [0.25, 0.3) is 0 Å². The summed E-state index contributed by atoms with van der Waals surface area (Å²) in [6, 6.07) is 16.7. The van der Waals surface area contributed by atoms with Gasteiger partial charge in [0.15, 0.2) is 0 Å². The summed E-state index contributed by atoms with van der Waals surface area (Å²) in [6.45, 7) is 0. The van der Waals surface area contributed by atoms with Gasteiger partial charge in [-0.3, -0.25) is 10.1 Å². The molecule has 1 amide bonds. The van der Waals surface area contributed by atoms with Gasteiger partial charge in [-0.15, -0.1) is 10.2 Å². The molecule has 1 N–H and O–H groups in total. The highest BCUT2D eigenvalue weighted by atomic mass is 79.9. The maximum atomic E-state index is 12.7. The van der Waals surface area contributed by atoms with Gasteiger partial charge >= 0.3 is 0 Å². The molecule has 1 atom stereocenters. The van der Waals surface area contributed by atoms with Gasteiger partial charge in [0.25, 0.3) is 5.91 Å². The number of carbonyl (C=O) groups is 1. The quantitative estimate of drug-likeness (QED) is 0.729. The van der Waals surface area contributed by atoms with E-state index in [9.17, 15) is 4.79 Å². The van der Waals surface area contributed by atoms with Crippen molar-refractivity contribution in [1.82, 2.24) is 14.8 Å². The molecule has 24 heavy (non-hydrogen) atoms. The van der Waals surface area contributed by atoms with Crippen LogP contribution in [-0.2, 0) is 11.8 Å². The Hall–Kier alpha value is -2.67. The van der Waals surface area contributed by atoms with E-state index in [2.05, 4.69) is 31.4 Å². The van der Waals surface area contributed by atoms with E-state index in [1.807, 2.05) is 48.5 Å². The molecular weight excluding hydrogens is 372 g/mol. The molecule has 0 spiro atoms.